The van der Waals surface area contributed by atoms with Crippen LogP contribution in [0, 0.1) is 17.7 Å². The van der Waals surface area contributed by atoms with Crippen molar-refractivity contribution in [1.29, 1.82) is 0 Å². The van der Waals surface area contributed by atoms with E-state index < -0.39 is 0 Å². The number of carbonyl (C=O) groups excluding carboxylic acids is 1. The number of nitrogens with zero attached hydrogens (tertiary/aromatic N) is 2. The maximum atomic E-state index is 13.3. The minimum absolute atomic E-state index is 0.00480. The number of likely N-dealkylation sites (tertiary alicyclic amines) is 1. The van der Waals surface area contributed by atoms with Crippen molar-refractivity contribution in [3.05, 3.63) is 35.6 Å². The highest BCUT2D eigenvalue weighted by atomic mass is 19.1. The van der Waals surface area contributed by atoms with Gasteiger partial charge >= 0.3 is 0 Å². The van der Waals surface area contributed by atoms with Gasteiger partial charge in [-0.1, -0.05) is 25.0 Å². The molecule has 27 heavy (non-hydrogen) atoms. The van der Waals surface area contributed by atoms with E-state index >= 15 is 0 Å². The van der Waals surface area contributed by atoms with Crippen LogP contribution in [0.2, 0.25) is 0 Å². The number of hydrogen-bond donors (Lipinski definition) is 1. The van der Waals surface area contributed by atoms with E-state index in [2.05, 4.69) is 22.2 Å². The Balaban J connectivity index is 1.56. The summed E-state index contributed by atoms with van der Waals surface area (Å²) in [4.78, 5) is 17.3. The Morgan fingerprint density at radius 1 is 1.22 bits per heavy atom. The van der Waals surface area contributed by atoms with Crippen LogP contribution in [0.5, 0.6) is 0 Å². The van der Waals surface area contributed by atoms with Crippen LogP contribution in [0.15, 0.2) is 24.3 Å². The first-order valence-electron chi connectivity index (χ1n) is 10.4. The van der Waals surface area contributed by atoms with Crippen molar-refractivity contribution >= 4 is 5.91 Å². The molecule has 1 aromatic rings. The molecule has 3 rings (SSSR count). The Hall–Kier alpha value is -1.46. The second-order valence-corrected chi connectivity index (χ2v) is 8.61. The smallest absolute Gasteiger partial charge is 0.234 e. The van der Waals surface area contributed by atoms with Crippen molar-refractivity contribution in [2.24, 2.45) is 11.8 Å². The lowest BCUT2D eigenvalue weighted by atomic mass is 9.91. The molecule has 2 fully saturated rings. The number of benzene rings is 1. The third-order valence-corrected chi connectivity index (χ3v) is 6.12. The average molecular weight is 376 g/mol. The molecule has 1 N–H and O–H groups in total. The van der Waals surface area contributed by atoms with Crippen LogP contribution in [0.3, 0.4) is 0 Å². The molecule has 0 aromatic heterocycles. The van der Waals surface area contributed by atoms with Crippen LogP contribution in [0.1, 0.15) is 50.1 Å². The summed E-state index contributed by atoms with van der Waals surface area (Å²) >= 11 is 0. The summed E-state index contributed by atoms with van der Waals surface area (Å²) in [5.41, 5.74) is 1.02. The van der Waals surface area contributed by atoms with Gasteiger partial charge in [-0.2, -0.15) is 0 Å². The second-order valence-electron chi connectivity index (χ2n) is 8.61. The van der Waals surface area contributed by atoms with Crippen LogP contribution in [-0.4, -0.2) is 56.0 Å². The van der Waals surface area contributed by atoms with Crippen molar-refractivity contribution in [3.63, 3.8) is 0 Å². The number of carbonyl (C=O) groups is 1. The van der Waals surface area contributed by atoms with E-state index in [9.17, 15) is 9.18 Å². The van der Waals surface area contributed by atoms with Crippen molar-refractivity contribution < 1.29 is 9.18 Å². The topological polar surface area (TPSA) is 35.6 Å². The van der Waals surface area contributed by atoms with E-state index in [1.54, 1.807) is 0 Å². The molecule has 1 saturated heterocycles. The predicted octanol–water partition coefficient (Wildman–Crippen LogP) is 3.45. The van der Waals surface area contributed by atoms with E-state index in [1.807, 2.05) is 19.2 Å². The number of amides is 1. The summed E-state index contributed by atoms with van der Waals surface area (Å²) in [6.07, 6.45) is 7.19. The number of hydrogen-bond acceptors (Lipinski definition) is 3. The molecule has 0 radical (unpaired) electrons. The van der Waals surface area contributed by atoms with Crippen molar-refractivity contribution in [3.8, 4) is 0 Å². The molecule has 1 amide bonds. The molecule has 2 atom stereocenters. The lowest BCUT2D eigenvalue weighted by Crippen LogP contribution is -2.43. The number of rotatable bonds is 7. The average Bonchev–Trinajstić information content (AvgIpc) is 3.15. The highest BCUT2D eigenvalue weighted by Gasteiger charge is 2.28. The van der Waals surface area contributed by atoms with Gasteiger partial charge in [0, 0.05) is 13.1 Å². The molecule has 150 valence electrons. The molecule has 2 aliphatic rings. The van der Waals surface area contributed by atoms with Crippen molar-refractivity contribution in [2.45, 2.75) is 44.6 Å². The first-order chi connectivity index (χ1) is 13.0. The molecular weight excluding hydrogens is 341 g/mol. The summed E-state index contributed by atoms with van der Waals surface area (Å²) in [5, 5.41) is 3.26. The van der Waals surface area contributed by atoms with E-state index in [0.29, 0.717) is 18.4 Å². The van der Waals surface area contributed by atoms with E-state index in [1.165, 1.54) is 44.4 Å². The predicted molar refractivity (Wildman–Crippen MR) is 107 cm³/mol. The lowest BCUT2D eigenvalue weighted by molar-refractivity contribution is -0.123. The highest BCUT2D eigenvalue weighted by Crippen LogP contribution is 2.35. The summed E-state index contributed by atoms with van der Waals surface area (Å²) in [6, 6.07) is 6.62. The summed E-state index contributed by atoms with van der Waals surface area (Å²) < 4.78 is 13.3. The Morgan fingerprint density at radius 2 is 1.93 bits per heavy atom. The van der Waals surface area contributed by atoms with Crippen molar-refractivity contribution in [2.75, 3.05) is 40.3 Å². The zero-order valence-corrected chi connectivity index (χ0v) is 16.8. The molecule has 5 heteroatoms. The molecule has 1 saturated carbocycles. The zero-order chi connectivity index (χ0) is 19.2. The van der Waals surface area contributed by atoms with Gasteiger partial charge in [-0.05, 0) is 75.9 Å². The minimum atomic E-state index is -0.229. The Labute approximate surface area is 163 Å². The fourth-order valence-corrected chi connectivity index (χ4v) is 4.83. The fraction of sp³-hybridized carbons (Fsp3) is 0.682. The molecule has 1 aromatic carbocycles. The molecule has 1 heterocycles. The molecule has 0 bridgehead atoms. The molecule has 1 aliphatic heterocycles. The van der Waals surface area contributed by atoms with E-state index in [4.69, 9.17) is 0 Å². The van der Waals surface area contributed by atoms with Gasteiger partial charge in [0.1, 0.15) is 5.82 Å². The Bertz CT molecular complexity index is 600. The lowest BCUT2D eigenvalue weighted by Gasteiger charge is -2.32. The molecule has 0 spiro atoms. The summed E-state index contributed by atoms with van der Waals surface area (Å²) in [7, 11) is 4.21. The zero-order valence-electron chi connectivity index (χ0n) is 16.8. The van der Waals surface area contributed by atoms with Gasteiger partial charge in [0.2, 0.25) is 5.91 Å². The van der Waals surface area contributed by atoms with Gasteiger partial charge in [0.05, 0.1) is 12.6 Å². The van der Waals surface area contributed by atoms with Gasteiger partial charge in [-0.3, -0.25) is 9.69 Å². The third-order valence-electron chi connectivity index (χ3n) is 6.12. The molecule has 2 unspecified atom stereocenters. The van der Waals surface area contributed by atoms with Gasteiger partial charge in [-0.25, -0.2) is 4.39 Å². The van der Waals surface area contributed by atoms with Gasteiger partial charge < -0.3 is 10.2 Å². The quantitative estimate of drug-likeness (QED) is 0.793. The highest BCUT2D eigenvalue weighted by molar-refractivity contribution is 5.78. The second kappa shape index (κ2) is 9.65. The molecule has 4 nitrogen and oxygen atoms in total. The first kappa shape index (κ1) is 20.3. The maximum Gasteiger partial charge on any atom is 0.234 e. The van der Waals surface area contributed by atoms with E-state index in [-0.39, 0.29) is 17.8 Å². The maximum absolute atomic E-state index is 13.3. The van der Waals surface area contributed by atoms with Crippen molar-refractivity contribution in [1.82, 2.24) is 15.1 Å². The number of likely N-dealkylation sites (N-methyl/N-ethyl adjacent to an activating group) is 1. The fourth-order valence-electron chi connectivity index (χ4n) is 4.83. The number of nitrogens with one attached hydrogen (secondary N) is 1. The van der Waals surface area contributed by atoms with Crippen LogP contribution in [0.25, 0.3) is 0 Å². The number of halogens is 1. The Morgan fingerprint density at radius 3 is 2.59 bits per heavy atom. The standard InChI is InChI=1S/C22H34FN3O/c1-25-13-5-6-17(14-25)15-26(2)16-21(27)24-22(18-7-3-4-8-18)19-9-11-20(23)12-10-19/h9-12,17-18,22H,3-8,13-16H2,1-2H3,(H,24,27). The summed E-state index contributed by atoms with van der Waals surface area (Å²) in [6.45, 7) is 3.68. The Kier molecular flexibility index (Phi) is 7.25. The minimum Gasteiger partial charge on any atom is -0.348 e. The molecular formula is C22H34FN3O. The van der Waals surface area contributed by atoms with Gasteiger partial charge in [0.15, 0.2) is 0 Å². The SMILES string of the molecule is CN1CCCC(CN(C)CC(=O)NC(c2ccc(F)cc2)C2CCCC2)C1. The van der Waals surface area contributed by atoms with Crippen LogP contribution >= 0.6 is 0 Å². The monoisotopic (exact) mass is 375 g/mol. The van der Waals surface area contributed by atoms with Crippen LogP contribution in [0.4, 0.5) is 4.39 Å². The van der Waals surface area contributed by atoms with E-state index in [0.717, 1.165) is 31.5 Å². The molecule has 1 aliphatic carbocycles. The van der Waals surface area contributed by atoms with Gasteiger partial charge in [0.25, 0.3) is 0 Å². The van der Waals surface area contributed by atoms with Crippen LogP contribution < -0.4 is 5.32 Å². The largest absolute Gasteiger partial charge is 0.348 e. The third kappa shape index (κ3) is 6.01. The number of piperidine rings is 1. The van der Waals surface area contributed by atoms with Crippen LogP contribution in [-0.2, 0) is 4.79 Å². The normalized spacial score (nSPS) is 22.9. The summed E-state index contributed by atoms with van der Waals surface area (Å²) in [5.74, 6) is 0.941. The van der Waals surface area contributed by atoms with Gasteiger partial charge in [-0.15, -0.1) is 0 Å². The first-order valence-corrected chi connectivity index (χ1v) is 10.4.